The van der Waals surface area contributed by atoms with Crippen LogP contribution in [0.1, 0.15) is 18.4 Å². The van der Waals surface area contributed by atoms with Crippen LogP contribution in [0.4, 0.5) is 0 Å². The van der Waals surface area contributed by atoms with Crippen molar-refractivity contribution >= 4 is 23.1 Å². The molecule has 15 heavy (non-hydrogen) atoms. The van der Waals surface area contributed by atoms with Gasteiger partial charge < -0.3 is 5.32 Å². The number of hydrogen-bond acceptors (Lipinski definition) is 4. The van der Waals surface area contributed by atoms with Gasteiger partial charge in [-0.2, -0.15) is 11.8 Å². The molecule has 1 aromatic rings. The van der Waals surface area contributed by atoms with Gasteiger partial charge in [-0.05, 0) is 30.4 Å². The second-order valence-corrected chi connectivity index (χ2v) is 6.05. The van der Waals surface area contributed by atoms with Crippen molar-refractivity contribution in [1.29, 1.82) is 0 Å². The monoisotopic (exact) mass is 242 g/mol. The molecule has 84 valence electrons. The molecule has 0 bridgehead atoms. The average molecular weight is 242 g/mol. The molecule has 2 nitrogen and oxygen atoms in total. The van der Waals surface area contributed by atoms with Gasteiger partial charge in [-0.25, -0.2) is 4.98 Å². The third-order valence-corrected chi connectivity index (χ3v) is 4.87. The minimum absolute atomic E-state index is 0.635. The number of likely N-dealkylation sites (N-methyl/N-ethyl adjacent to an activating group) is 1. The minimum Gasteiger partial charge on any atom is -0.314 e. The highest BCUT2D eigenvalue weighted by Gasteiger charge is 2.25. The van der Waals surface area contributed by atoms with Crippen molar-refractivity contribution in [1.82, 2.24) is 10.3 Å². The first kappa shape index (κ1) is 11.4. The highest BCUT2D eigenvalue weighted by molar-refractivity contribution is 7.99. The molecule has 2 atom stereocenters. The first-order valence-corrected chi connectivity index (χ1v) is 7.63. The lowest BCUT2D eigenvalue weighted by atomic mass is 9.96. The van der Waals surface area contributed by atoms with E-state index in [1.807, 2.05) is 6.20 Å². The third-order valence-electron chi connectivity index (χ3n) is 2.88. The molecule has 0 saturated carbocycles. The molecule has 2 rings (SSSR count). The fraction of sp³-hybridized carbons (Fsp3) is 0.727. The fourth-order valence-corrected chi connectivity index (χ4v) is 4.09. The Balaban J connectivity index is 1.93. The minimum atomic E-state index is 0.635. The van der Waals surface area contributed by atoms with Crippen molar-refractivity contribution in [3.05, 3.63) is 16.6 Å². The molecule has 1 aliphatic rings. The lowest BCUT2D eigenvalue weighted by Gasteiger charge is -2.22. The summed E-state index contributed by atoms with van der Waals surface area (Å²) in [6, 6.07) is 0.635. The molecule has 0 amide bonds. The Morgan fingerprint density at radius 3 is 3.20 bits per heavy atom. The van der Waals surface area contributed by atoms with Gasteiger partial charge in [0.25, 0.3) is 0 Å². The van der Waals surface area contributed by atoms with Crippen LogP contribution in [-0.4, -0.2) is 29.1 Å². The van der Waals surface area contributed by atoms with Crippen LogP contribution in [0.15, 0.2) is 11.6 Å². The predicted molar refractivity (Wildman–Crippen MR) is 68.7 cm³/mol. The Morgan fingerprint density at radius 1 is 1.67 bits per heavy atom. The molecule has 1 aromatic heterocycles. The van der Waals surface area contributed by atoms with E-state index in [1.54, 1.807) is 11.3 Å². The van der Waals surface area contributed by atoms with E-state index < -0.39 is 0 Å². The fourth-order valence-electron chi connectivity index (χ4n) is 2.08. The van der Waals surface area contributed by atoms with Crippen molar-refractivity contribution in [3.8, 4) is 0 Å². The van der Waals surface area contributed by atoms with Crippen molar-refractivity contribution < 1.29 is 0 Å². The predicted octanol–water partition coefficient (Wildman–Crippen LogP) is 2.42. The zero-order valence-electron chi connectivity index (χ0n) is 9.11. The Hall–Kier alpha value is -0.0600. The first-order chi connectivity index (χ1) is 7.40. The van der Waals surface area contributed by atoms with Gasteiger partial charge in [0.1, 0.15) is 0 Å². The number of nitrogens with zero attached hydrogens (tertiary/aromatic N) is 1. The summed E-state index contributed by atoms with van der Waals surface area (Å²) in [5.74, 6) is 3.51. The topological polar surface area (TPSA) is 24.9 Å². The van der Waals surface area contributed by atoms with E-state index in [9.17, 15) is 0 Å². The molecule has 0 aromatic carbocycles. The van der Waals surface area contributed by atoms with Gasteiger partial charge in [0, 0.05) is 24.0 Å². The Labute approximate surface area is 99.9 Å². The second-order valence-electron chi connectivity index (χ2n) is 3.92. The summed E-state index contributed by atoms with van der Waals surface area (Å²) in [5.41, 5.74) is 0. The highest BCUT2D eigenvalue weighted by Crippen LogP contribution is 2.28. The number of thioether (sulfide) groups is 1. The normalized spacial score (nSPS) is 23.1. The van der Waals surface area contributed by atoms with E-state index in [0.717, 1.165) is 18.9 Å². The van der Waals surface area contributed by atoms with Crippen LogP contribution >= 0.6 is 23.1 Å². The highest BCUT2D eigenvalue weighted by atomic mass is 32.2. The maximum Gasteiger partial charge on any atom is 0.0940 e. The molecule has 4 heteroatoms. The van der Waals surface area contributed by atoms with Crippen LogP contribution in [0.3, 0.4) is 0 Å². The molecule has 2 unspecified atom stereocenters. The van der Waals surface area contributed by atoms with Crippen LogP contribution in [0.5, 0.6) is 0 Å². The van der Waals surface area contributed by atoms with E-state index >= 15 is 0 Å². The van der Waals surface area contributed by atoms with Crippen LogP contribution in [-0.2, 0) is 6.42 Å². The summed E-state index contributed by atoms with van der Waals surface area (Å²) >= 11 is 3.87. The van der Waals surface area contributed by atoms with Crippen molar-refractivity contribution in [2.24, 2.45) is 5.92 Å². The Kier molecular flexibility index (Phi) is 4.47. The molecule has 1 saturated heterocycles. The van der Waals surface area contributed by atoms with E-state index in [0.29, 0.717) is 6.04 Å². The van der Waals surface area contributed by atoms with Gasteiger partial charge in [0.05, 0.1) is 5.01 Å². The Bertz CT molecular complexity index is 268. The van der Waals surface area contributed by atoms with Gasteiger partial charge in [-0.1, -0.05) is 6.92 Å². The summed E-state index contributed by atoms with van der Waals surface area (Å²) in [5, 5.41) is 6.96. The zero-order chi connectivity index (χ0) is 10.5. The summed E-state index contributed by atoms with van der Waals surface area (Å²) < 4.78 is 0. The number of nitrogens with one attached hydrogen (secondary N) is 1. The molecule has 0 aliphatic carbocycles. The lowest BCUT2D eigenvalue weighted by Crippen LogP contribution is -2.38. The van der Waals surface area contributed by atoms with Gasteiger partial charge in [-0.15, -0.1) is 11.3 Å². The lowest BCUT2D eigenvalue weighted by molar-refractivity contribution is 0.386. The Morgan fingerprint density at radius 2 is 2.60 bits per heavy atom. The van der Waals surface area contributed by atoms with Crippen molar-refractivity contribution in [2.75, 3.05) is 18.1 Å². The molecule has 2 heterocycles. The molecule has 1 N–H and O–H groups in total. The number of thiazole rings is 1. The van der Waals surface area contributed by atoms with Gasteiger partial charge in [0.15, 0.2) is 0 Å². The van der Waals surface area contributed by atoms with E-state index in [4.69, 9.17) is 0 Å². The molecular weight excluding hydrogens is 224 g/mol. The molecule has 1 fully saturated rings. The summed E-state index contributed by atoms with van der Waals surface area (Å²) in [6.07, 6.45) is 4.39. The van der Waals surface area contributed by atoms with Crippen molar-refractivity contribution in [2.45, 2.75) is 25.8 Å². The first-order valence-electron chi connectivity index (χ1n) is 5.59. The number of hydrogen-bond donors (Lipinski definition) is 1. The molecule has 0 spiro atoms. The van der Waals surface area contributed by atoms with Crippen molar-refractivity contribution in [3.63, 3.8) is 0 Å². The van der Waals surface area contributed by atoms with Crippen LogP contribution < -0.4 is 5.32 Å². The van der Waals surface area contributed by atoms with Crippen LogP contribution in [0.2, 0.25) is 0 Å². The standard InChI is InChI=1S/C11H18N2S2/c1-2-12-10(9-3-5-14-8-9)7-11-13-4-6-15-11/h4,6,9-10,12H,2-3,5,7-8H2,1H3. The SMILES string of the molecule is CCNC(Cc1nccs1)C1CCSC1. The van der Waals surface area contributed by atoms with E-state index in [2.05, 4.69) is 34.4 Å². The number of rotatable bonds is 5. The second kappa shape index (κ2) is 5.87. The third kappa shape index (κ3) is 3.20. The van der Waals surface area contributed by atoms with E-state index in [-0.39, 0.29) is 0 Å². The zero-order valence-corrected chi connectivity index (χ0v) is 10.7. The average Bonchev–Trinajstić information content (AvgIpc) is 2.89. The molecule has 1 aliphatic heterocycles. The maximum atomic E-state index is 4.38. The summed E-state index contributed by atoms with van der Waals surface area (Å²) in [4.78, 5) is 4.38. The van der Waals surface area contributed by atoms with Gasteiger partial charge >= 0.3 is 0 Å². The largest absolute Gasteiger partial charge is 0.314 e. The molecule has 0 radical (unpaired) electrons. The maximum absolute atomic E-state index is 4.38. The smallest absolute Gasteiger partial charge is 0.0940 e. The summed E-state index contributed by atoms with van der Waals surface area (Å²) in [6.45, 7) is 3.26. The van der Waals surface area contributed by atoms with Crippen LogP contribution in [0.25, 0.3) is 0 Å². The number of aromatic nitrogens is 1. The quantitative estimate of drug-likeness (QED) is 0.858. The van der Waals surface area contributed by atoms with Gasteiger partial charge in [0.2, 0.25) is 0 Å². The van der Waals surface area contributed by atoms with Crippen LogP contribution in [0, 0.1) is 5.92 Å². The summed E-state index contributed by atoms with van der Waals surface area (Å²) in [7, 11) is 0. The van der Waals surface area contributed by atoms with E-state index in [1.165, 1.54) is 22.9 Å². The molecular formula is C11H18N2S2. The van der Waals surface area contributed by atoms with Gasteiger partial charge in [-0.3, -0.25) is 0 Å².